The minimum absolute atomic E-state index is 0.0698. The second-order valence-corrected chi connectivity index (χ2v) is 7.17. The number of nitrogens with zero attached hydrogens (tertiary/aromatic N) is 2. The highest BCUT2D eigenvalue weighted by molar-refractivity contribution is 7.99. The van der Waals surface area contributed by atoms with Crippen LogP contribution in [0.25, 0.3) is 11.5 Å². The summed E-state index contributed by atoms with van der Waals surface area (Å²) in [7, 11) is 3.11. The molecule has 0 spiro atoms. The first-order chi connectivity index (χ1) is 13.5. The number of methoxy groups -OCH3 is 2. The molecule has 7 nitrogen and oxygen atoms in total. The number of nitrogens with one attached hydrogen (secondary N) is 1. The molecule has 0 saturated heterocycles. The number of ether oxygens (including phenoxy) is 2. The first-order valence-corrected chi connectivity index (χ1v) is 9.68. The van der Waals surface area contributed by atoms with Crippen molar-refractivity contribution in [2.75, 3.05) is 25.3 Å². The van der Waals surface area contributed by atoms with E-state index in [-0.39, 0.29) is 22.8 Å². The van der Waals surface area contributed by atoms with Gasteiger partial charge in [-0.15, -0.1) is 10.2 Å². The van der Waals surface area contributed by atoms with Crippen molar-refractivity contribution >= 4 is 46.6 Å². The molecule has 10 heteroatoms. The highest BCUT2D eigenvalue weighted by Crippen LogP contribution is 2.33. The molecule has 0 radical (unpaired) electrons. The third kappa shape index (κ3) is 4.89. The van der Waals surface area contributed by atoms with Crippen molar-refractivity contribution in [2.24, 2.45) is 0 Å². The molecular formula is C18H15Cl2N3O4S. The van der Waals surface area contributed by atoms with Crippen molar-refractivity contribution < 1.29 is 18.7 Å². The molecule has 0 fully saturated rings. The fourth-order valence-corrected chi connectivity index (χ4v) is 3.28. The zero-order valence-corrected chi connectivity index (χ0v) is 17.2. The Morgan fingerprint density at radius 2 is 1.96 bits per heavy atom. The topological polar surface area (TPSA) is 86.5 Å². The van der Waals surface area contributed by atoms with Gasteiger partial charge in [-0.25, -0.2) is 0 Å². The molecule has 146 valence electrons. The zero-order valence-electron chi connectivity index (χ0n) is 14.9. The Kier molecular flexibility index (Phi) is 6.66. The first-order valence-electron chi connectivity index (χ1n) is 7.93. The van der Waals surface area contributed by atoms with Crippen LogP contribution in [-0.2, 0) is 4.79 Å². The lowest BCUT2D eigenvalue weighted by molar-refractivity contribution is -0.113. The van der Waals surface area contributed by atoms with Crippen LogP contribution >= 0.6 is 35.0 Å². The summed E-state index contributed by atoms with van der Waals surface area (Å²) in [6.07, 6.45) is 0. The molecule has 0 aliphatic heterocycles. The van der Waals surface area contributed by atoms with Crippen LogP contribution in [0, 0.1) is 0 Å². The van der Waals surface area contributed by atoms with Crippen LogP contribution in [0.1, 0.15) is 0 Å². The summed E-state index contributed by atoms with van der Waals surface area (Å²) in [6, 6.07) is 10.1. The number of aromatic nitrogens is 2. The molecule has 3 aromatic rings. The minimum Gasteiger partial charge on any atom is -0.497 e. The molecule has 0 aliphatic carbocycles. The van der Waals surface area contributed by atoms with Gasteiger partial charge in [0.15, 0.2) is 0 Å². The minimum atomic E-state index is -0.268. The van der Waals surface area contributed by atoms with E-state index < -0.39 is 0 Å². The van der Waals surface area contributed by atoms with Crippen molar-refractivity contribution in [1.82, 2.24) is 10.2 Å². The van der Waals surface area contributed by atoms with E-state index in [0.29, 0.717) is 32.8 Å². The Morgan fingerprint density at radius 1 is 1.14 bits per heavy atom. The third-order valence-electron chi connectivity index (χ3n) is 3.58. The van der Waals surface area contributed by atoms with Gasteiger partial charge in [0.25, 0.3) is 11.1 Å². The Labute approximate surface area is 175 Å². The lowest BCUT2D eigenvalue weighted by atomic mass is 10.2. The summed E-state index contributed by atoms with van der Waals surface area (Å²) in [5, 5.41) is 11.8. The summed E-state index contributed by atoms with van der Waals surface area (Å²) in [6.45, 7) is 0. The first kappa shape index (κ1) is 20.3. The van der Waals surface area contributed by atoms with Crippen molar-refractivity contribution in [1.29, 1.82) is 0 Å². The molecule has 0 saturated carbocycles. The molecule has 2 aromatic carbocycles. The van der Waals surface area contributed by atoms with E-state index in [0.717, 1.165) is 11.8 Å². The maximum Gasteiger partial charge on any atom is 0.277 e. The molecule has 0 bridgehead atoms. The van der Waals surface area contributed by atoms with E-state index in [1.807, 2.05) is 0 Å². The number of hydrogen-bond donors (Lipinski definition) is 1. The van der Waals surface area contributed by atoms with E-state index in [9.17, 15) is 4.79 Å². The van der Waals surface area contributed by atoms with Gasteiger partial charge in [0, 0.05) is 11.1 Å². The van der Waals surface area contributed by atoms with Gasteiger partial charge in [0.1, 0.15) is 11.5 Å². The fraction of sp³-hybridized carbons (Fsp3) is 0.167. The van der Waals surface area contributed by atoms with Crippen LogP contribution in [0.4, 0.5) is 5.69 Å². The Balaban J connectivity index is 1.64. The third-order valence-corrected chi connectivity index (χ3v) is 4.94. The van der Waals surface area contributed by atoms with Crippen molar-refractivity contribution in [3.8, 4) is 23.0 Å². The number of halogens is 2. The molecule has 0 aliphatic rings. The maximum absolute atomic E-state index is 12.1. The van der Waals surface area contributed by atoms with Gasteiger partial charge < -0.3 is 19.2 Å². The summed E-state index contributed by atoms with van der Waals surface area (Å²) in [4.78, 5) is 12.1. The van der Waals surface area contributed by atoms with Gasteiger partial charge in [0.2, 0.25) is 5.91 Å². The van der Waals surface area contributed by atoms with Crippen LogP contribution in [0.2, 0.25) is 10.0 Å². The average Bonchev–Trinajstić information content (AvgIpc) is 3.17. The number of carbonyl (C=O) groups excluding carboxylic acids is 1. The van der Waals surface area contributed by atoms with E-state index >= 15 is 0 Å². The predicted octanol–water partition coefficient (Wildman–Crippen LogP) is 4.79. The SMILES string of the molecule is COc1ccc(-c2nnc(SCC(=O)Nc3ccc(Cl)cc3Cl)o2)c(OC)c1. The maximum atomic E-state index is 12.1. The van der Waals surface area contributed by atoms with Crippen LogP contribution in [0.3, 0.4) is 0 Å². The highest BCUT2D eigenvalue weighted by atomic mass is 35.5. The number of thioether (sulfide) groups is 1. The quantitative estimate of drug-likeness (QED) is 0.529. The monoisotopic (exact) mass is 439 g/mol. The highest BCUT2D eigenvalue weighted by Gasteiger charge is 2.16. The summed E-state index contributed by atoms with van der Waals surface area (Å²) in [5.74, 6) is 1.27. The molecule has 28 heavy (non-hydrogen) atoms. The second-order valence-electron chi connectivity index (χ2n) is 5.40. The molecule has 1 N–H and O–H groups in total. The second kappa shape index (κ2) is 9.18. The van der Waals surface area contributed by atoms with Gasteiger partial charge in [-0.3, -0.25) is 4.79 Å². The van der Waals surface area contributed by atoms with Crippen molar-refractivity contribution in [3.63, 3.8) is 0 Å². The number of hydrogen-bond acceptors (Lipinski definition) is 7. The predicted molar refractivity (Wildman–Crippen MR) is 109 cm³/mol. The number of rotatable bonds is 7. The lowest BCUT2D eigenvalue weighted by Gasteiger charge is -2.07. The number of benzene rings is 2. The fourth-order valence-electron chi connectivity index (χ4n) is 2.26. The van der Waals surface area contributed by atoms with Crippen LogP contribution in [-0.4, -0.2) is 36.1 Å². The molecule has 3 rings (SSSR count). The Hall–Kier alpha value is -2.42. The van der Waals surface area contributed by atoms with E-state index in [4.69, 9.17) is 37.1 Å². The van der Waals surface area contributed by atoms with Gasteiger partial charge in [-0.2, -0.15) is 0 Å². The normalized spacial score (nSPS) is 10.6. The van der Waals surface area contributed by atoms with Gasteiger partial charge in [-0.1, -0.05) is 35.0 Å². The largest absolute Gasteiger partial charge is 0.497 e. The molecule has 0 atom stereocenters. The van der Waals surface area contributed by atoms with E-state index in [2.05, 4.69) is 15.5 Å². The van der Waals surface area contributed by atoms with Crippen LogP contribution in [0.15, 0.2) is 46.0 Å². The Morgan fingerprint density at radius 3 is 2.68 bits per heavy atom. The van der Waals surface area contributed by atoms with Gasteiger partial charge in [0.05, 0.1) is 36.2 Å². The standard InChI is InChI=1S/C18H15Cl2N3O4S/c1-25-11-4-5-12(15(8-11)26-2)17-22-23-18(27-17)28-9-16(24)21-14-6-3-10(19)7-13(14)20/h3-8H,9H2,1-2H3,(H,21,24). The molecule has 0 unspecified atom stereocenters. The van der Waals surface area contributed by atoms with Crippen LogP contribution < -0.4 is 14.8 Å². The molecule has 1 aromatic heterocycles. The average molecular weight is 440 g/mol. The number of anilines is 1. The Bertz CT molecular complexity index is 997. The molecule has 1 amide bonds. The summed E-state index contributed by atoms with van der Waals surface area (Å²) in [5.41, 5.74) is 1.10. The van der Waals surface area contributed by atoms with Crippen molar-refractivity contribution in [2.45, 2.75) is 5.22 Å². The summed E-state index contributed by atoms with van der Waals surface area (Å²) < 4.78 is 16.1. The van der Waals surface area contributed by atoms with Gasteiger partial charge in [-0.05, 0) is 30.3 Å². The van der Waals surface area contributed by atoms with Crippen LogP contribution in [0.5, 0.6) is 11.5 Å². The van der Waals surface area contributed by atoms with Crippen molar-refractivity contribution in [3.05, 3.63) is 46.4 Å². The molecule has 1 heterocycles. The smallest absolute Gasteiger partial charge is 0.277 e. The molecular weight excluding hydrogens is 425 g/mol. The lowest BCUT2D eigenvalue weighted by Crippen LogP contribution is -2.14. The number of amides is 1. The van der Waals surface area contributed by atoms with Gasteiger partial charge >= 0.3 is 0 Å². The van der Waals surface area contributed by atoms with E-state index in [1.54, 1.807) is 43.5 Å². The van der Waals surface area contributed by atoms with E-state index in [1.165, 1.54) is 7.11 Å². The number of carbonyl (C=O) groups is 1. The summed E-state index contributed by atoms with van der Waals surface area (Å²) >= 11 is 13.0. The zero-order chi connectivity index (χ0) is 20.1.